The molecule has 0 heterocycles. The Morgan fingerprint density at radius 2 is 1.76 bits per heavy atom. The zero-order valence-electron chi connectivity index (χ0n) is 15.4. The molecule has 5 nitrogen and oxygen atoms in total. The maximum absolute atomic E-state index is 12.2. The Kier molecular flexibility index (Phi) is 6.69. The molecule has 0 aliphatic heterocycles. The molecule has 2 N–H and O–H groups in total. The van der Waals surface area contributed by atoms with E-state index in [2.05, 4.69) is 35.4 Å². The van der Waals surface area contributed by atoms with Crippen molar-refractivity contribution in [1.29, 1.82) is 0 Å². The zero-order chi connectivity index (χ0) is 18.2. The molecule has 0 fully saturated rings. The number of aryl methyl sites for hydroxylation is 1. The van der Waals surface area contributed by atoms with E-state index in [-0.39, 0.29) is 12.5 Å². The third-order valence-electron chi connectivity index (χ3n) is 4.16. The number of hydrogen-bond donors (Lipinski definition) is 2. The Morgan fingerprint density at radius 3 is 2.32 bits per heavy atom. The number of nitrogens with zero attached hydrogens (tertiary/aromatic N) is 1. The highest BCUT2D eigenvalue weighted by Gasteiger charge is 2.08. The molecule has 0 unspecified atom stereocenters. The number of benzene rings is 2. The van der Waals surface area contributed by atoms with Gasteiger partial charge in [0.1, 0.15) is 5.75 Å². The van der Waals surface area contributed by atoms with Crippen molar-refractivity contribution in [2.75, 3.05) is 42.3 Å². The van der Waals surface area contributed by atoms with Crippen molar-refractivity contribution in [3.05, 3.63) is 48.0 Å². The van der Waals surface area contributed by atoms with Crippen LogP contribution < -0.4 is 20.3 Å². The van der Waals surface area contributed by atoms with Gasteiger partial charge in [0.15, 0.2) is 0 Å². The minimum absolute atomic E-state index is 0.0745. The second-order valence-electron chi connectivity index (χ2n) is 5.80. The number of amides is 1. The van der Waals surface area contributed by atoms with Gasteiger partial charge in [-0.1, -0.05) is 0 Å². The molecule has 0 bridgehead atoms. The third kappa shape index (κ3) is 5.14. The Hall–Kier alpha value is -2.69. The summed E-state index contributed by atoms with van der Waals surface area (Å²) in [5.41, 5.74) is 3.96. The van der Waals surface area contributed by atoms with Gasteiger partial charge in [0.2, 0.25) is 5.91 Å². The molecule has 2 aromatic rings. The molecule has 2 aromatic carbocycles. The normalized spacial score (nSPS) is 10.2. The summed E-state index contributed by atoms with van der Waals surface area (Å²) in [6.07, 6.45) is 0. The summed E-state index contributed by atoms with van der Waals surface area (Å²) < 4.78 is 5.12. The number of hydrogen-bond acceptors (Lipinski definition) is 4. The van der Waals surface area contributed by atoms with Crippen molar-refractivity contribution < 1.29 is 9.53 Å². The number of carbonyl (C=O) groups excluding carboxylic acids is 1. The first-order valence-electron chi connectivity index (χ1n) is 8.60. The number of rotatable bonds is 8. The minimum Gasteiger partial charge on any atom is -0.497 e. The average Bonchev–Trinajstić information content (AvgIpc) is 2.63. The van der Waals surface area contributed by atoms with Gasteiger partial charge in [0, 0.05) is 30.2 Å². The van der Waals surface area contributed by atoms with Gasteiger partial charge in [-0.2, -0.15) is 0 Å². The van der Waals surface area contributed by atoms with Gasteiger partial charge in [0.05, 0.1) is 13.7 Å². The number of nitrogens with one attached hydrogen (secondary N) is 2. The third-order valence-corrected chi connectivity index (χ3v) is 4.16. The van der Waals surface area contributed by atoms with Crippen LogP contribution >= 0.6 is 0 Å². The van der Waals surface area contributed by atoms with Crippen LogP contribution in [0, 0.1) is 6.92 Å². The van der Waals surface area contributed by atoms with Crippen LogP contribution in [-0.2, 0) is 4.79 Å². The molecule has 134 valence electrons. The van der Waals surface area contributed by atoms with Gasteiger partial charge >= 0.3 is 0 Å². The van der Waals surface area contributed by atoms with Crippen LogP contribution in [0.3, 0.4) is 0 Å². The van der Waals surface area contributed by atoms with E-state index in [1.165, 1.54) is 5.69 Å². The molecular weight excluding hydrogens is 314 g/mol. The molecule has 0 saturated carbocycles. The molecule has 1 amide bonds. The fourth-order valence-corrected chi connectivity index (χ4v) is 2.66. The predicted octanol–water partition coefficient (Wildman–Crippen LogP) is 3.90. The molecule has 2 rings (SSSR count). The molecule has 0 saturated heterocycles. The van der Waals surface area contributed by atoms with Crippen molar-refractivity contribution in [2.24, 2.45) is 0 Å². The van der Waals surface area contributed by atoms with Gasteiger partial charge in [-0.3, -0.25) is 4.79 Å². The summed E-state index contributed by atoms with van der Waals surface area (Å²) in [6, 6.07) is 13.6. The Labute approximate surface area is 150 Å². The summed E-state index contributed by atoms with van der Waals surface area (Å²) in [6.45, 7) is 8.43. The van der Waals surface area contributed by atoms with E-state index >= 15 is 0 Å². The number of ether oxygens (including phenoxy) is 1. The highest BCUT2D eigenvalue weighted by atomic mass is 16.5. The largest absolute Gasteiger partial charge is 0.497 e. The van der Waals surface area contributed by atoms with Crippen molar-refractivity contribution in [1.82, 2.24) is 0 Å². The standard InChI is InChI=1S/C20H27N3O2/c1-5-23(6-2)17-9-12-19(15(3)13-17)22-20(24)14-21-16-7-10-18(25-4)11-8-16/h7-13,21H,5-6,14H2,1-4H3,(H,22,24). The highest BCUT2D eigenvalue weighted by Crippen LogP contribution is 2.22. The molecule has 0 aliphatic carbocycles. The van der Waals surface area contributed by atoms with Gasteiger partial charge in [-0.25, -0.2) is 0 Å². The SMILES string of the molecule is CCN(CC)c1ccc(NC(=O)CNc2ccc(OC)cc2)c(C)c1. The molecule has 0 atom stereocenters. The summed E-state index contributed by atoms with van der Waals surface area (Å²) in [7, 11) is 1.63. The number of anilines is 3. The topological polar surface area (TPSA) is 53.6 Å². The van der Waals surface area contributed by atoms with Gasteiger partial charge in [-0.15, -0.1) is 0 Å². The zero-order valence-corrected chi connectivity index (χ0v) is 15.4. The van der Waals surface area contributed by atoms with Crippen LogP contribution in [0.25, 0.3) is 0 Å². The molecular formula is C20H27N3O2. The first-order valence-corrected chi connectivity index (χ1v) is 8.60. The molecule has 0 spiro atoms. The smallest absolute Gasteiger partial charge is 0.243 e. The van der Waals surface area contributed by atoms with E-state index in [1.807, 2.05) is 43.3 Å². The molecule has 0 aromatic heterocycles. The Morgan fingerprint density at radius 1 is 1.08 bits per heavy atom. The maximum atomic E-state index is 12.2. The molecule has 0 radical (unpaired) electrons. The second kappa shape index (κ2) is 8.97. The van der Waals surface area contributed by atoms with Gasteiger partial charge in [-0.05, 0) is 68.8 Å². The van der Waals surface area contributed by atoms with Gasteiger partial charge in [0.25, 0.3) is 0 Å². The lowest BCUT2D eigenvalue weighted by Gasteiger charge is -2.22. The lowest BCUT2D eigenvalue weighted by Crippen LogP contribution is -2.23. The van der Waals surface area contributed by atoms with E-state index < -0.39 is 0 Å². The van der Waals surface area contributed by atoms with E-state index in [4.69, 9.17) is 4.74 Å². The lowest BCUT2D eigenvalue weighted by atomic mass is 10.1. The Balaban J connectivity index is 1.93. The van der Waals surface area contributed by atoms with Crippen LogP contribution in [0.5, 0.6) is 5.75 Å². The van der Waals surface area contributed by atoms with Crippen molar-refractivity contribution in [3.8, 4) is 5.75 Å². The lowest BCUT2D eigenvalue weighted by molar-refractivity contribution is -0.114. The molecule has 25 heavy (non-hydrogen) atoms. The monoisotopic (exact) mass is 341 g/mol. The molecule has 5 heteroatoms. The first kappa shape index (κ1) is 18.6. The minimum atomic E-state index is -0.0745. The van der Waals surface area contributed by atoms with Crippen LogP contribution in [0.2, 0.25) is 0 Å². The number of methoxy groups -OCH3 is 1. The average molecular weight is 341 g/mol. The maximum Gasteiger partial charge on any atom is 0.243 e. The van der Waals surface area contributed by atoms with Crippen molar-refractivity contribution in [3.63, 3.8) is 0 Å². The van der Waals surface area contributed by atoms with Crippen LogP contribution in [-0.4, -0.2) is 32.7 Å². The highest BCUT2D eigenvalue weighted by molar-refractivity contribution is 5.94. The summed E-state index contributed by atoms with van der Waals surface area (Å²) in [4.78, 5) is 14.5. The van der Waals surface area contributed by atoms with Crippen molar-refractivity contribution >= 4 is 23.0 Å². The van der Waals surface area contributed by atoms with Gasteiger partial charge < -0.3 is 20.3 Å². The first-order chi connectivity index (χ1) is 12.1. The predicted molar refractivity (Wildman–Crippen MR) is 105 cm³/mol. The van der Waals surface area contributed by atoms with E-state index in [9.17, 15) is 4.79 Å². The van der Waals surface area contributed by atoms with E-state index in [0.717, 1.165) is 35.8 Å². The summed E-state index contributed by atoms with van der Waals surface area (Å²) in [5.74, 6) is 0.716. The fourth-order valence-electron chi connectivity index (χ4n) is 2.66. The van der Waals surface area contributed by atoms with Crippen LogP contribution in [0.1, 0.15) is 19.4 Å². The fraction of sp³-hybridized carbons (Fsp3) is 0.350. The summed E-state index contributed by atoms with van der Waals surface area (Å²) in [5, 5.41) is 6.07. The quantitative estimate of drug-likeness (QED) is 0.764. The van der Waals surface area contributed by atoms with Crippen molar-refractivity contribution in [2.45, 2.75) is 20.8 Å². The molecule has 0 aliphatic rings. The number of carbonyl (C=O) groups is 1. The van der Waals surface area contributed by atoms with Crippen LogP contribution in [0.15, 0.2) is 42.5 Å². The van der Waals surface area contributed by atoms with E-state index in [0.29, 0.717) is 0 Å². The Bertz CT molecular complexity index is 695. The second-order valence-corrected chi connectivity index (χ2v) is 5.80. The van der Waals surface area contributed by atoms with Crippen LogP contribution in [0.4, 0.5) is 17.1 Å². The van der Waals surface area contributed by atoms with E-state index in [1.54, 1.807) is 7.11 Å². The summed E-state index contributed by atoms with van der Waals surface area (Å²) >= 11 is 0.